The van der Waals surface area contributed by atoms with Gasteiger partial charge >= 0.3 is 0 Å². The molecular formula is C15H10BrNO2S2. The number of rotatable bonds is 3. The van der Waals surface area contributed by atoms with Gasteiger partial charge in [0.25, 0.3) is 0 Å². The zero-order valence-electron chi connectivity index (χ0n) is 10.8. The topological polar surface area (TPSA) is 46.2 Å². The molecule has 1 aromatic carbocycles. The van der Waals surface area contributed by atoms with E-state index in [1.165, 1.54) is 23.1 Å². The van der Waals surface area contributed by atoms with E-state index in [1.807, 2.05) is 24.3 Å². The number of allylic oxidation sites excluding steroid dienone is 1. The average molecular weight is 380 g/mol. The summed E-state index contributed by atoms with van der Waals surface area (Å²) in [5, 5.41) is 2.78. The van der Waals surface area contributed by atoms with Gasteiger partial charge in [0.1, 0.15) is 0 Å². The third-order valence-electron chi connectivity index (χ3n) is 2.83. The van der Waals surface area contributed by atoms with Gasteiger partial charge in [0.05, 0.1) is 20.5 Å². The van der Waals surface area contributed by atoms with Crippen molar-refractivity contribution in [1.82, 2.24) is 0 Å². The van der Waals surface area contributed by atoms with E-state index in [1.54, 1.807) is 18.2 Å². The van der Waals surface area contributed by atoms with Crippen LogP contribution in [0.2, 0.25) is 0 Å². The monoisotopic (exact) mass is 379 g/mol. The number of anilines is 1. The quantitative estimate of drug-likeness (QED) is 0.632. The van der Waals surface area contributed by atoms with Crippen molar-refractivity contribution in [3.8, 4) is 0 Å². The molecule has 1 aliphatic heterocycles. The fourth-order valence-corrected chi connectivity index (χ4v) is 4.34. The number of fused-ring (bicyclic) bond motifs is 1. The smallest absolute Gasteiger partial charge is 0.234 e. The van der Waals surface area contributed by atoms with Crippen LogP contribution in [0.3, 0.4) is 0 Å². The molecule has 1 N–H and O–H groups in total. The van der Waals surface area contributed by atoms with Gasteiger partial charge in [-0.05, 0) is 29.8 Å². The molecule has 2 aromatic rings. The van der Waals surface area contributed by atoms with Crippen molar-refractivity contribution < 1.29 is 9.59 Å². The van der Waals surface area contributed by atoms with Gasteiger partial charge in [-0.2, -0.15) is 0 Å². The van der Waals surface area contributed by atoms with Crippen molar-refractivity contribution in [2.45, 2.75) is 4.21 Å². The van der Waals surface area contributed by atoms with Crippen molar-refractivity contribution in [2.24, 2.45) is 0 Å². The highest BCUT2D eigenvalue weighted by atomic mass is 79.9. The number of nitrogens with one attached hydrogen (secondary N) is 1. The number of benzene rings is 1. The lowest BCUT2D eigenvalue weighted by atomic mass is 10.2. The molecule has 0 fully saturated rings. The minimum absolute atomic E-state index is 0.0195. The molecule has 0 unspecified atom stereocenters. The third-order valence-corrected chi connectivity index (χ3v) is 5.75. The van der Waals surface area contributed by atoms with Crippen molar-refractivity contribution in [3.05, 3.63) is 51.3 Å². The van der Waals surface area contributed by atoms with Gasteiger partial charge in [0, 0.05) is 4.47 Å². The molecule has 106 valence electrons. The average Bonchev–Trinajstić information content (AvgIpc) is 2.88. The Labute approximate surface area is 138 Å². The SMILES string of the molecule is O=C1CSc2sc(C(=O)C=Cc3cccc(Br)c3)cc2N1. The molecule has 1 aromatic heterocycles. The second kappa shape index (κ2) is 6.17. The molecule has 6 heteroatoms. The molecule has 1 amide bonds. The Morgan fingerprint density at radius 2 is 2.19 bits per heavy atom. The summed E-state index contributed by atoms with van der Waals surface area (Å²) in [7, 11) is 0. The highest BCUT2D eigenvalue weighted by Gasteiger charge is 2.20. The minimum Gasteiger partial charge on any atom is -0.324 e. The molecule has 0 saturated heterocycles. The van der Waals surface area contributed by atoms with Crippen molar-refractivity contribution in [1.29, 1.82) is 0 Å². The van der Waals surface area contributed by atoms with Gasteiger partial charge in [0.2, 0.25) is 5.91 Å². The van der Waals surface area contributed by atoms with Crippen LogP contribution in [0.5, 0.6) is 0 Å². The van der Waals surface area contributed by atoms with Crippen LogP contribution in [0.1, 0.15) is 15.2 Å². The standard InChI is InChI=1S/C15H10BrNO2S2/c16-10-3-1-2-9(6-10)4-5-12(18)13-7-11-15(21-13)20-8-14(19)17-11/h1-7H,8H2,(H,17,19). The number of hydrogen-bond donors (Lipinski definition) is 1. The van der Waals surface area contributed by atoms with Crippen LogP contribution >= 0.6 is 39.0 Å². The predicted molar refractivity (Wildman–Crippen MR) is 91.2 cm³/mol. The highest BCUT2D eigenvalue weighted by molar-refractivity contribution is 9.10. The van der Waals surface area contributed by atoms with E-state index in [4.69, 9.17) is 0 Å². The molecule has 2 heterocycles. The lowest BCUT2D eigenvalue weighted by Gasteiger charge is -2.10. The van der Waals surface area contributed by atoms with Crippen LogP contribution in [0.4, 0.5) is 5.69 Å². The molecule has 21 heavy (non-hydrogen) atoms. The van der Waals surface area contributed by atoms with Crippen LogP contribution in [0, 0.1) is 0 Å². The molecule has 1 aliphatic rings. The lowest BCUT2D eigenvalue weighted by molar-refractivity contribution is -0.113. The van der Waals surface area contributed by atoms with Crippen LogP contribution in [0.25, 0.3) is 6.08 Å². The fourth-order valence-electron chi connectivity index (χ4n) is 1.87. The predicted octanol–water partition coefficient (Wildman–Crippen LogP) is 4.45. The Hall–Kier alpha value is -1.37. The Morgan fingerprint density at radius 3 is 3.00 bits per heavy atom. The zero-order chi connectivity index (χ0) is 14.8. The largest absolute Gasteiger partial charge is 0.324 e. The van der Waals surface area contributed by atoms with Gasteiger partial charge < -0.3 is 5.32 Å². The maximum Gasteiger partial charge on any atom is 0.234 e. The molecule has 0 atom stereocenters. The first kappa shape index (κ1) is 14.6. The number of thioether (sulfide) groups is 1. The molecular weight excluding hydrogens is 370 g/mol. The molecule has 0 radical (unpaired) electrons. The number of ketones is 1. The molecule has 3 nitrogen and oxygen atoms in total. The summed E-state index contributed by atoms with van der Waals surface area (Å²) in [5.74, 6) is 0.341. The van der Waals surface area contributed by atoms with Gasteiger partial charge in [-0.3, -0.25) is 9.59 Å². The number of carbonyl (C=O) groups is 2. The van der Waals surface area contributed by atoms with E-state index in [0.717, 1.165) is 19.9 Å². The first-order valence-corrected chi connectivity index (χ1v) is 8.76. The van der Waals surface area contributed by atoms with Crippen LogP contribution < -0.4 is 5.32 Å². The maximum absolute atomic E-state index is 12.2. The van der Waals surface area contributed by atoms with E-state index in [0.29, 0.717) is 10.6 Å². The summed E-state index contributed by atoms with van der Waals surface area (Å²) in [4.78, 5) is 24.1. The van der Waals surface area contributed by atoms with Gasteiger partial charge in [-0.25, -0.2) is 0 Å². The Bertz CT molecular complexity index is 752. The number of carbonyl (C=O) groups excluding carboxylic acids is 2. The summed E-state index contributed by atoms with van der Waals surface area (Å²) in [6.45, 7) is 0. The number of thiophene rings is 1. The summed E-state index contributed by atoms with van der Waals surface area (Å²) < 4.78 is 1.97. The summed E-state index contributed by atoms with van der Waals surface area (Å²) in [6, 6.07) is 9.48. The molecule has 0 bridgehead atoms. The minimum atomic E-state index is -0.0516. The molecule has 0 spiro atoms. The van der Waals surface area contributed by atoms with E-state index < -0.39 is 0 Å². The van der Waals surface area contributed by atoms with Crippen LogP contribution in [-0.2, 0) is 4.79 Å². The molecule has 0 saturated carbocycles. The third kappa shape index (κ3) is 3.45. The summed E-state index contributed by atoms with van der Waals surface area (Å²) in [5.41, 5.74) is 1.71. The van der Waals surface area contributed by atoms with Crippen LogP contribution in [0.15, 0.2) is 45.1 Å². The Kier molecular flexibility index (Phi) is 4.28. The number of halogens is 1. The van der Waals surface area contributed by atoms with Crippen molar-refractivity contribution >= 4 is 62.5 Å². The second-order valence-corrected chi connectivity index (χ2v) is 7.61. The summed E-state index contributed by atoms with van der Waals surface area (Å²) >= 11 is 6.30. The van der Waals surface area contributed by atoms with E-state index in [9.17, 15) is 9.59 Å². The zero-order valence-corrected chi connectivity index (χ0v) is 14.0. The lowest BCUT2D eigenvalue weighted by Crippen LogP contribution is -2.17. The Balaban J connectivity index is 1.78. The first-order chi connectivity index (χ1) is 10.1. The van der Waals surface area contributed by atoms with Gasteiger partial charge in [-0.15, -0.1) is 23.1 Å². The normalized spacial score (nSPS) is 14.0. The van der Waals surface area contributed by atoms with Gasteiger partial charge in [0.15, 0.2) is 5.78 Å². The van der Waals surface area contributed by atoms with Gasteiger partial charge in [-0.1, -0.05) is 34.1 Å². The summed E-state index contributed by atoms with van der Waals surface area (Å²) in [6.07, 6.45) is 3.35. The number of hydrogen-bond acceptors (Lipinski definition) is 4. The van der Waals surface area contributed by atoms with E-state index in [2.05, 4.69) is 21.2 Å². The molecule has 3 rings (SSSR count). The van der Waals surface area contributed by atoms with Crippen molar-refractivity contribution in [2.75, 3.05) is 11.1 Å². The van der Waals surface area contributed by atoms with E-state index in [-0.39, 0.29) is 11.7 Å². The molecule has 0 aliphatic carbocycles. The highest BCUT2D eigenvalue weighted by Crippen LogP contribution is 2.39. The number of amides is 1. The Morgan fingerprint density at radius 1 is 1.33 bits per heavy atom. The van der Waals surface area contributed by atoms with Crippen molar-refractivity contribution in [3.63, 3.8) is 0 Å². The maximum atomic E-state index is 12.2. The fraction of sp³-hybridized carbons (Fsp3) is 0.0667. The first-order valence-electron chi connectivity index (χ1n) is 6.16. The van der Waals surface area contributed by atoms with Crippen LogP contribution in [-0.4, -0.2) is 17.4 Å². The van der Waals surface area contributed by atoms with E-state index >= 15 is 0 Å². The second-order valence-electron chi connectivity index (χ2n) is 4.40.